The Bertz CT molecular complexity index is 863. The molecule has 0 bridgehead atoms. The second-order valence-electron chi connectivity index (χ2n) is 6.71. The lowest BCUT2D eigenvalue weighted by atomic mass is 10.0. The third-order valence-electron chi connectivity index (χ3n) is 4.25. The van der Waals surface area contributed by atoms with Crippen LogP contribution in [0.25, 0.3) is 0 Å². The first kappa shape index (κ1) is 21.6. The molecule has 146 valence electrons. The van der Waals surface area contributed by atoms with E-state index in [-0.39, 0.29) is 29.8 Å². The van der Waals surface area contributed by atoms with Crippen LogP contribution < -0.4 is 10.0 Å². The number of benzene rings is 2. The Balaban J connectivity index is 1.85. The molecule has 1 atom stereocenters. The molecule has 27 heavy (non-hydrogen) atoms. The second-order valence-corrected chi connectivity index (χ2v) is 9.39. The number of nitrogens with one attached hydrogen (secondary N) is 2. The maximum Gasteiger partial charge on any atom is 0.240 e. The minimum absolute atomic E-state index is 0.0488. The molecule has 0 heterocycles. The van der Waals surface area contributed by atoms with Gasteiger partial charge in [0.1, 0.15) is 0 Å². The molecule has 2 aromatic carbocycles. The van der Waals surface area contributed by atoms with E-state index in [9.17, 15) is 13.2 Å². The summed E-state index contributed by atoms with van der Waals surface area (Å²) in [4.78, 5) is 12.3. The average molecular weight is 453 g/mol. The molecule has 0 spiro atoms. The lowest BCUT2D eigenvalue weighted by Crippen LogP contribution is -2.32. The maximum atomic E-state index is 12.3. The quantitative estimate of drug-likeness (QED) is 0.632. The SMILES string of the molecule is CC(C)c1ccc(S(=O)(=O)NCCC(=O)NC(C)c2ccc(Br)cc2)cc1. The van der Waals surface area contributed by atoms with E-state index in [0.29, 0.717) is 5.92 Å². The summed E-state index contributed by atoms with van der Waals surface area (Å²) in [5, 5.41) is 2.87. The predicted octanol–water partition coefficient (Wildman–Crippen LogP) is 4.12. The van der Waals surface area contributed by atoms with Crippen molar-refractivity contribution in [1.29, 1.82) is 0 Å². The fourth-order valence-corrected chi connectivity index (χ4v) is 3.86. The number of carbonyl (C=O) groups is 1. The average Bonchev–Trinajstić information content (AvgIpc) is 2.62. The third-order valence-corrected chi connectivity index (χ3v) is 6.25. The van der Waals surface area contributed by atoms with Gasteiger partial charge in [0.2, 0.25) is 15.9 Å². The van der Waals surface area contributed by atoms with Gasteiger partial charge in [-0.2, -0.15) is 0 Å². The van der Waals surface area contributed by atoms with Crippen molar-refractivity contribution in [3.8, 4) is 0 Å². The van der Waals surface area contributed by atoms with Crippen LogP contribution >= 0.6 is 15.9 Å². The van der Waals surface area contributed by atoms with Crippen molar-refractivity contribution in [2.75, 3.05) is 6.54 Å². The topological polar surface area (TPSA) is 75.3 Å². The molecule has 1 unspecified atom stereocenters. The van der Waals surface area contributed by atoms with Crippen molar-refractivity contribution in [1.82, 2.24) is 10.0 Å². The molecular formula is C20H25BrN2O3S. The first-order valence-electron chi connectivity index (χ1n) is 8.83. The number of carbonyl (C=O) groups excluding carboxylic acids is 1. The number of hydrogen-bond donors (Lipinski definition) is 2. The van der Waals surface area contributed by atoms with Crippen molar-refractivity contribution in [3.05, 3.63) is 64.1 Å². The van der Waals surface area contributed by atoms with Crippen LogP contribution in [-0.2, 0) is 14.8 Å². The van der Waals surface area contributed by atoms with Crippen LogP contribution in [0.5, 0.6) is 0 Å². The summed E-state index contributed by atoms with van der Waals surface area (Å²) in [6.07, 6.45) is 0.0736. The van der Waals surface area contributed by atoms with Crippen molar-refractivity contribution in [2.45, 2.75) is 44.0 Å². The van der Waals surface area contributed by atoms with Crippen molar-refractivity contribution in [3.63, 3.8) is 0 Å². The number of amides is 1. The Hall–Kier alpha value is -1.70. The van der Waals surface area contributed by atoms with Crippen LogP contribution in [0.1, 0.15) is 50.3 Å². The smallest absolute Gasteiger partial charge is 0.240 e. The summed E-state index contributed by atoms with van der Waals surface area (Å²) in [7, 11) is -3.62. The molecule has 0 fully saturated rings. The summed E-state index contributed by atoms with van der Waals surface area (Å²) in [6, 6.07) is 14.3. The molecule has 0 aliphatic rings. The number of halogens is 1. The van der Waals surface area contributed by atoms with E-state index in [4.69, 9.17) is 0 Å². The number of hydrogen-bond acceptors (Lipinski definition) is 3. The summed E-state index contributed by atoms with van der Waals surface area (Å²) in [5.41, 5.74) is 2.06. The minimum atomic E-state index is -3.62. The zero-order valence-corrected chi connectivity index (χ0v) is 18.1. The highest BCUT2D eigenvalue weighted by molar-refractivity contribution is 9.10. The molecule has 2 N–H and O–H groups in total. The lowest BCUT2D eigenvalue weighted by Gasteiger charge is -2.15. The lowest BCUT2D eigenvalue weighted by molar-refractivity contribution is -0.121. The van der Waals surface area contributed by atoms with Crippen LogP contribution in [-0.4, -0.2) is 20.9 Å². The van der Waals surface area contributed by atoms with E-state index < -0.39 is 10.0 Å². The van der Waals surface area contributed by atoms with Gasteiger partial charge in [0.25, 0.3) is 0 Å². The molecule has 0 aliphatic carbocycles. The molecule has 0 radical (unpaired) electrons. The third kappa shape index (κ3) is 6.45. The Labute approximate surface area is 169 Å². The van der Waals surface area contributed by atoms with Gasteiger partial charge in [0.05, 0.1) is 10.9 Å². The Morgan fingerprint density at radius 3 is 2.07 bits per heavy atom. The molecule has 1 amide bonds. The van der Waals surface area contributed by atoms with Gasteiger partial charge in [-0.15, -0.1) is 0 Å². The van der Waals surface area contributed by atoms with E-state index in [1.165, 1.54) is 0 Å². The highest BCUT2D eigenvalue weighted by Gasteiger charge is 2.15. The molecule has 2 aromatic rings. The van der Waals surface area contributed by atoms with Crippen LogP contribution in [0.4, 0.5) is 0 Å². The summed E-state index contributed by atoms with van der Waals surface area (Å²) < 4.78 is 28.1. The van der Waals surface area contributed by atoms with E-state index in [1.54, 1.807) is 12.1 Å². The number of rotatable bonds is 8. The monoisotopic (exact) mass is 452 g/mol. The zero-order valence-electron chi connectivity index (χ0n) is 15.7. The van der Waals surface area contributed by atoms with Gasteiger partial charge in [-0.25, -0.2) is 13.1 Å². The van der Waals surface area contributed by atoms with Gasteiger partial charge in [-0.1, -0.05) is 54.0 Å². The molecule has 5 nitrogen and oxygen atoms in total. The highest BCUT2D eigenvalue weighted by atomic mass is 79.9. The maximum absolute atomic E-state index is 12.3. The van der Waals surface area contributed by atoms with Gasteiger partial charge >= 0.3 is 0 Å². The zero-order chi connectivity index (χ0) is 20.0. The van der Waals surface area contributed by atoms with Crippen molar-refractivity contribution >= 4 is 31.9 Å². The largest absolute Gasteiger partial charge is 0.350 e. The Morgan fingerprint density at radius 1 is 0.963 bits per heavy atom. The normalized spacial score (nSPS) is 12.8. The van der Waals surface area contributed by atoms with E-state index in [1.807, 2.05) is 43.3 Å². The second kappa shape index (κ2) is 9.48. The van der Waals surface area contributed by atoms with E-state index in [0.717, 1.165) is 15.6 Å². The first-order valence-corrected chi connectivity index (χ1v) is 11.1. The van der Waals surface area contributed by atoms with E-state index >= 15 is 0 Å². The molecule has 7 heteroatoms. The van der Waals surface area contributed by atoms with Gasteiger partial charge in [-0.05, 0) is 48.2 Å². The molecule has 0 saturated carbocycles. The van der Waals surface area contributed by atoms with Gasteiger partial charge in [0.15, 0.2) is 0 Å². The number of sulfonamides is 1. The summed E-state index contributed by atoms with van der Waals surface area (Å²) in [6.45, 7) is 6.04. The van der Waals surface area contributed by atoms with Crippen LogP contribution in [0, 0.1) is 0 Å². The first-order chi connectivity index (χ1) is 12.7. The van der Waals surface area contributed by atoms with Crippen molar-refractivity contribution < 1.29 is 13.2 Å². The Morgan fingerprint density at radius 2 is 1.52 bits per heavy atom. The van der Waals surface area contributed by atoms with Crippen LogP contribution in [0.15, 0.2) is 57.9 Å². The highest BCUT2D eigenvalue weighted by Crippen LogP contribution is 2.18. The Kier molecular flexibility index (Phi) is 7.59. The fraction of sp³-hybridized carbons (Fsp3) is 0.350. The van der Waals surface area contributed by atoms with Gasteiger partial charge in [0, 0.05) is 17.4 Å². The fourth-order valence-electron chi connectivity index (χ4n) is 2.56. The van der Waals surface area contributed by atoms with Crippen LogP contribution in [0.2, 0.25) is 0 Å². The van der Waals surface area contributed by atoms with Gasteiger partial charge < -0.3 is 5.32 Å². The molecule has 0 aliphatic heterocycles. The minimum Gasteiger partial charge on any atom is -0.350 e. The predicted molar refractivity (Wildman–Crippen MR) is 111 cm³/mol. The molecular weight excluding hydrogens is 428 g/mol. The summed E-state index contributed by atoms with van der Waals surface area (Å²) >= 11 is 3.38. The van der Waals surface area contributed by atoms with Crippen molar-refractivity contribution in [2.24, 2.45) is 0 Å². The molecule has 2 rings (SSSR count). The standard InChI is InChI=1S/C20H25BrN2O3S/c1-14(2)16-6-10-19(11-7-16)27(25,26)22-13-12-20(24)23-15(3)17-4-8-18(21)9-5-17/h4-11,14-15,22H,12-13H2,1-3H3,(H,23,24). The van der Waals surface area contributed by atoms with Crippen LogP contribution in [0.3, 0.4) is 0 Å². The molecule has 0 saturated heterocycles. The molecule has 0 aromatic heterocycles. The van der Waals surface area contributed by atoms with Gasteiger partial charge in [-0.3, -0.25) is 4.79 Å². The summed E-state index contributed by atoms with van der Waals surface area (Å²) in [5.74, 6) is 0.134. The van der Waals surface area contributed by atoms with E-state index in [2.05, 4.69) is 39.8 Å².